The van der Waals surface area contributed by atoms with Crippen molar-refractivity contribution in [3.05, 3.63) is 54.1 Å². The zero-order valence-corrected chi connectivity index (χ0v) is 16.2. The predicted octanol–water partition coefficient (Wildman–Crippen LogP) is 1.91. The highest BCUT2D eigenvalue weighted by Gasteiger charge is 2.37. The van der Waals surface area contributed by atoms with E-state index in [1.807, 2.05) is 0 Å². The number of carbonyl (C=O) groups is 1. The zero-order valence-electron chi connectivity index (χ0n) is 14.6. The molecule has 0 spiro atoms. The van der Waals surface area contributed by atoms with E-state index in [-0.39, 0.29) is 28.4 Å². The summed E-state index contributed by atoms with van der Waals surface area (Å²) in [4.78, 5) is 12.4. The first kappa shape index (κ1) is 19.4. The number of para-hydroxylation sites is 2. The van der Waals surface area contributed by atoms with Crippen LogP contribution in [0.5, 0.6) is 5.75 Å². The van der Waals surface area contributed by atoms with E-state index in [1.54, 1.807) is 24.3 Å². The molecular weight excluding hydrogens is 390 g/mol. The van der Waals surface area contributed by atoms with Crippen LogP contribution in [0.2, 0.25) is 0 Å². The Kier molecular flexibility index (Phi) is 5.25. The lowest BCUT2D eigenvalue weighted by Gasteiger charge is -2.12. The van der Waals surface area contributed by atoms with Crippen molar-refractivity contribution in [1.82, 2.24) is 0 Å². The summed E-state index contributed by atoms with van der Waals surface area (Å²) in [7, 11) is -5.56. The van der Waals surface area contributed by atoms with Gasteiger partial charge in [0.1, 0.15) is 5.75 Å². The van der Waals surface area contributed by atoms with Gasteiger partial charge in [0, 0.05) is 5.56 Å². The van der Waals surface area contributed by atoms with E-state index in [0.29, 0.717) is 11.4 Å². The van der Waals surface area contributed by atoms with Crippen LogP contribution in [-0.2, 0) is 19.7 Å². The molecule has 7 nitrogen and oxygen atoms in total. The van der Waals surface area contributed by atoms with Gasteiger partial charge in [-0.25, -0.2) is 16.8 Å². The number of anilines is 1. The van der Waals surface area contributed by atoms with Crippen molar-refractivity contribution in [3.8, 4) is 5.75 Å². The standard InChI is InChI=1S/C18H19NO6S2/c1-25-17-5-3-2-4-16(17)19-18(20)13-6-8-14(9-7-13)27(23,24)15-10-11-26(21,22)12-15/h2-9,15H,10-12H2,1H3,(H,19,20)/t15-/m0/s1. The molecule has 27 heavy (non-hydrogen) atoms. The van der Waals surface area contributed by atoms with Crippen LogP contribution in [0.1, 0.15) is 16.8 Å². The third-order valence-corrected chi connectivity index (χ3v) is 8.62. The minimum absolute atomic E-state index is 0.0124. The molecule has 1 N–H and O–H groups in total. The summed E-state index contributed by atoms with van der Waals surface area (Å²) < 4.78 is 53.5. The fourth-order valence-corrected chi connectivity index (χ4v) is 7.30. The first-order valence-corrected chi connectivity index (χ1v) is 11.6. The fourth-order valence-electron chi connectivity index (χ4n) is 2.94. The number of methoxy groups -OCH3 is 1. The molecule has 0 aliphatic carbocycles. The lowest BCUT2D eigenvalue weighted by atomic mass is 10.2. The number of benzene rings is 2. The van der Waals surface area contributed by atoms with Crippen molar-refractivity contribution in [2.24, 2.45) is 0 Å². The predicted molar refractivity (Wildman–Crippen MR) is 102 cm³/mol. The number of carbonyl (C=O) groups excluding carboxylic acids is 1. The van der Waals surface area contributed by atoms with Crippen LogP contribution in [0, 0.1) is 0 Å². The Balaban J connectivity index is 1.78. The van der Waals surface area contributed by atoms with Gasteiger partial charge in [0.25, 0.3) is 5.91 Å². The first-order valence-electron chi connectivity index (χ1n) is 8.22. The maximum Gasteiger partial charge on any atom is 0.255 e. The van der Waals surface area contributed by atoms with Crippen molar-refractivity contribution in [3.63, 3.8) is 0 Å². The normalized spacial score (nSPS) is 18.8. The van der Waals surface area contributed by atoms with Gasteiger partial charge in [-0.2, -0.15) is 0 Å². The second kappa shape index (κ2) is 7.32. The topological polar surface area (TPSA) is 107 Å². The fraction of sp³-hybridized carbons (Fsp3) is 0.278. The van der Waals surface area contributed by atoms with Crippen LogP contribution in [0.3, 0.4) is 0 Å². The van der Waals surface area contributed by atoms with Crippen molar-refractivity contribution in [2.75, 3.05) is 23.9 Å². The lowest BCUT2D eigenvalue weighted by Crippen LogP contribution is -2.23. The van der Waals surface area contributed by atoms with Crippen LogP contribution >= 0.6 is 0 Å². The Morgan fingerprint density at radius 3 is 2.37 bits per heavy atom. The summed E-state index contributed by atoms with van der Waals surface area (Å²) in [5, 5.41) is 1.77. The number of amides is 1. The second-order valence-electron chi connectivity index (χ2n) is 6.25. The monoisotopic (exact) mass is 409 g/mol. The van der Waals surface area contributed by atoms with Crippen LogP contribution in [0.4, 0.5) is 5.69 Å². The second-order valence-corrected chi connectivity index (χ2v) is 10.7. The molecule has 0 radical (unpaired) electrons. The van der Waals surface area contributed by atoms with E-state index in [4.69, 9.17) is 4.74 Å². The van der Waals surface area contributed by atoms with E-state index in [2.05, 4.69) is 5.32 Å². The van der Waals surface area contributed by atoms with E-state index in [9.17, 15) is 21.6 Å². The highest BCUT2D eigenvalue weighted by molar-refractivity contribution is 7.96. The molecule has 144 valence electrons. The number of sulfone groups is 2. The van der Waals surface area contributed by atoms with Gasteiger partial charge in [-0.3, -0.25) is 4.79 Å². The molecule has 1 fully saturated rings. The Hall–Kier alpha value is -2.39. The highest BCUT2D eigenvalue weighted by atomic mass is 32.2. The summed E-state index contributed by atoms with van der Waals surface area (Å²) in [6, 6.07) is 12.4. The molecule has 1 aliphatic rings. The molecule has 0 unspecified atom stereocenters. The number of hydrogen-bond acceptors (Lipinski definition) is 6. The molecule has 1 saturated heterocycles. The van der Waals surface area contributed by atoms with Gasteiger partial charge in [-0.1, -0.05) is 12.1 Å². The molecule has 0 aromatic heterocycles. The van der Waals surface area contributed by atoms with Crippen LogP contribution in [-0.4, -0.2) is 46.6 Å². The van der Waals surface area contributed by atoms with Gasteiger partial charge in [-0.15, -0.1) is 0 Å². The highest BCUT2D eigenvalue weighted by Crippen LogP contribution is 2.26. The number of rotatable bonds is 5. The minimum Gasteiger partial charge on any atom is -0.495 e. The van der Waals surface area contributed by atoms with Crippen LogP contribution in [0.25, 0.3) is 0 Å². The summed E-state index contributed by atoms with van der Waals surface area (Å²) in [5.74, 6) is -0.374. The average molecular weight is 409 g/mol. The summed E-state index contributed by atoms with van der Waals surface area (Å²) >= 11 is 0. The van der Waals surface area contributed by atoms with E-state index in [1.165, 1.54) is 31.4 Å². The van der Waals surface area contributed by atoms with E-state index in [0.717, 1.165) is 0 Å². The molecule has 1 amide bonds. The van der Waals surface area contributed by atoms with Gasteiger partial charge in [0.05, 0.1) is 34.4 Å². The Morgan fingerprint density at radius 1 is 1.11 bits per heavy atom. The molecule has 0 bridgehead atoms. The summed E-state index contributed by atoms with van der Waals surface area (Å²) in [6.45, 7) is 0. The lowest BCUT2D eigenvalue weighted by molar-refractivity contribution is 0.102. The maximum atomic E-state index is 12.6. The van der Waals surface area contributed by atoms with Gasteiger partial charge in [-0.05, 0) is 42.8 Å². The maximum absolute atomic E-state index is 12.6. The van der Waals surface area contributed by atoms with Gasteiger partial charge in [0.2, 0.25) is 0 Å². The molecule has 1 heterocycles. The SMILES string of the molecule is COc1ccccc1NC(=O)c1ccc(S(=O)(=O)[C@H]2CCS(=O)(=O)C2)cc1. The van der Waals surface area contributed by atoms with Gasteiger partial charge in [0.15, 0.2) is 19.7 Å². The molecule has 1 aliphatic heterocycles. The number of hydrogen-bond donors (Lipinski definition) is 1. The molecular formula is C18H19NO6S2. The van der Waals surface area contributed by atoms with Crippen LogP contribution < -0.4 is 10.1 Å². The van der Waals surface area contributed by atoms with E-state index < -0.39 is 30.8 Å². The molecule has 9 heteroatoms. The molecule has 2 aromatic rings. The summed E-state index contributed by atoms with van der Waals surface area (Å²) in [6.07, 6.45) is 0.0979. The van der Waals surface area contributed by atoms with E-state index >= 15 is 0 Å². The summed E-state index contributed by atoms with van der Waals surface area (Å²) in [5.41, 5.74) is 0.775. The Labute approximate surface area is 158 Å². The Bertz CT molecular complexity index is 1060. The van der Waals surface area contributed by atoms with Crippen molar-refractivity contribution >= 4 is 31.3 Å². The number of ether oxygens (including phenoxy) is 1. The average Bonchev–Trinajstić information content (AvgIpc) is 3.03. The van der Waals surface area contributed by atoms with Crippen molar-refractivity contribution < 1.29 is 26.4 Å². The van der Waals surface area contributed by atoms with Gasteiger partial charge < -0.3 is 10.1 Å². The van der Waals surface area contributed by atoms with Crippen LogP contribution in [0.15, 0.2) is 53.4 Å². The number of nitrogens with one attached hydrogen (secondary N) is 1. The molecule has 1 atom stereocenters. The first-order chi connectivity index (χ1) is 12.7. The Morgan fingerprint density at radius 2 is 1.78 bits per heavy atom. The molecule has 0 saturated carbocycles. The third kappa shape index (κ3) is 4.14. The van der Waals surface area contributed by atoms with Gasteiger partial charge >= 0.3 is 0 Å². The molecule has 3 rings (SSSR count). The molecule has 2 aromatic carbocycles. The largest absolute Gasteiger partial charge is 0.495 e. The smallest absolute Gasteiger partial charge is 0.255 e. The third-order valence-electron chi connectivity index (χ3n) is 4.43. The van der Waals surface area contributed by atoms with Crippen molar-refractivity contribution in [2.45, 2.75) is 16.6 Å². The minimum atomic E-state index is -3.75. The zero-order chi connectivity index (χ0) is 19.7. The quantitative estimate of drug-likeness (QED) is 0.808. The van der Waals surface area contributed by atoms with Crippen molar-refractivity contribution in [1.29, 1.82) is 0 Å².